The molecule has 0 aromatic heterocycles. The molecular formula is C23H18IN3O2S. The minimum Gasteiger partial charge on any atom is -0.295 e. The van der Waals surface area contributed by atoms with E-state index in [-0.39, 0.29) is 17.2 Å². The summed E-state index contributed by atoms with van der Waals surface area (Å²) < 4.78 is 1.14. The molecule has 1 aliphatic heterocycles. The first-order chi connectivity index (χ1) is 14.6. The highest BCUT2D eigenvalue weighted by Gasteiger charge is 2.33. The third-order valence-corrected chi connectivity index (χ3v) is 6.54. The highest BCUT2D eigenvalue weighted by atomic mass is 127. The van der Waals surface area contributed by atoms with E-state index < -0.39 is 0 Å². The van der Waals surface area contributed by atoms with Gasteiger partial charge in [0.1, 0.15) is 5.37 Å². The molecule has 7 heteroatoms. The van der Waals surface area contributed by atoms with Crippen molar-refractivity contribution in [1.82, 2.24) is 5.43 Å². The van der Waals surface area contributed by atoms with E-state index in [2.05, 4.69) is 33.1 Å². The van der Waals surface area contributed by atoms with Crippen molar-refractivity contribution in [2.24, 2.45) is 5.10 Å². The van der Waals surface area contributed by atoms with Crippen LogP contribution in [0.4, 0.5) is 5.69 Å². The lowest BCUT2D eigenvalue weighted by molar-refractivity contribution is -0.115. The van der Waals surface area contributed by atoms with Gasteiger partial charge in [-0.2, -0.15) is 5.10 Å². The summed E-state index contributed by atoms with van der Waals surface area (Å²) in [4.78, 5) is 26.6. The highest BCUT2D eigenvalue weighted by molar-refractivity contribution is 14.1. The Morgan fingerprint density at radius 2 is 1.73 bits per heavy atom. The Hall–Kier alpha value is -2.65. The van der Waals surface area contributed by atoms with Gasteiger partial charge in [-0.25, -0.2) is 5.43 Å². The van der Waals surface area contributed by atoms with E-state index in [9.17, 15) is 9.59 Å². The Bertz CT molecular complexity index is 1070. The summed E-state index contributed by atoms with van der Waals surface area (Å²) in [5, 5.41) is 3.96. The molecule has 1 N–H and O–H groups in total. The van der Waals surface area contributed by atoms with Crippen LogP contribution in [0.15, 0.2) is 84.0 Å². The molecule has 0 radical (unpaired) electrons. The first-order valence-corrected chi connectivity index (χ1v) is 11.4. The number of nitrogens with one attached hydrogen (secondary N) is 1. The molecule has 1 aliphatic rings. The van der Waals surface area contributed by atoms with Gasteiger partial charge in [0.2, 0.25) is 5.91 Å². The van der Waals surface area contributed by atoms with E-state index in [1.807, 2.05) is 54.6 Å². The van der Waals surface area contributed by atoms with Crippen LogP contribution in [0.1, 0.15) is 26.9 Å². The Balaban J connectivity index is 1.44. The lowest BCUT2D eigenvalue weighted by atomic mass is 10.1. The van der Waals surface area contributed by atoms with Crippen LogP contribution in [-0.4, -0.2) is 23.8 Å². The van der Waals surface area contributed by atoms with Crippen molar-refractivity contribution < 1.29 is 9.59 Å². The van der Waals surface area contributed by atoms with E-state index in [0.717, 1.165) is 20.4 Å². The number of thioether (sulfide) groups is 1. The Kier molecular flexibility index (Phi) is 6.49. The minimum absolute atomic E-state index is 0.0584. The van der Waals surface area contributed by atoms with Gasteiger partial charge in [0.05, 0.1) is 12.0 Å². The molecule has 150 valence electrons. The molecular weight excluding hydrogens is 509 g/mol. The largest absolute Gasteiger partial charge is 0.295 e. The molecule has 5 nitrogen and oxygen atoms in total. The van der Waals surface area contributed by atoms with Crippen LogP contribution in [0.3, 0.4) is 0 Å². The van der Waals surface area contributed by atoms with Gasteiger partial charge in [0.25, 0.3) is 5.91 Å². The smallest absolute Gasteiger partial charge is 0.271 e. The summed E-state index contributed by atoms with van der Waals surface area (Å²) in [6.45, 7) is 0. The first-order valence-electron chi connectivity index (χ1n) is 9.29. The van der Waals surface area contributed by atoms with E-state index >= 15 is 0 Å². The lowest BCUT2D eigenvalue weighted by Crippen LogP contribution is -2.28. The molecule has 4 rings (SSSR count). The Morgan fingerprint density at radius 3 is 2.43 bits per heavy atom. The predicted molar refractivity (Wildman–Crippen MR) is 130 cm³/mol. The maximum atomic E-state index is 12.5. The first kappa shape index (κ1) is 20.6. The summed E-state index contributed by atoms with van der Waals surface area (Å²) in [6, 6.07) is 24.8. The predicted octanol–water partition coefficient (Wildman–Crippen LogP) is 4.83. The van der Waals surface area contributed by atoms with Crippen LogP contribution in [-0.2, 0) is 4.79 Å². The molecule has 0 bridgehead atoms. The molecule has 30 heavy (non-hydrogen) atoms. The number of hydrazone groups is 1. The fourth-order valence-electron chi connectivity index (χ4n) is 3.12. The van der Waals surface area contributed by atoms with Crippen molar-refractivity contribution in [3.8, 4) is 0 Å². The summed E-state index contributed by atoms with van der Waals surface area (Å²) in [5.41, 5.74) is 5.78. The number of nitrogens with zero attached hydrogens (tertiary/aromatic N) is 2. The standard InChI is InChI=1S/C23H18IN3O2S/c24-19-10-6-16(7-11-19)14-25-26-22(29)17-8-12-20(13-9-17)27-21(28)15-30-23(27)18-4-2-1-3-5-18/h1-14,23H,15H2,(H,26,29)/b25-14-/t23-/m1/s1. The number of carbonyl (C=O) groups is 2. The van der Waals surface area contributed by atoms with Gasteiger partial charge in [-0.1, -0.05) is 42.5 Å². The number of amides is 2. The molecule has 3 aromatic carbocycles. The second-order valence-electron chi connectivity index (χ2n) is 6.64. The van der Waals surface area contributed by atoms with Crippen LogP contribution in [0, 0.1) is 3.57 Å². The highest BCUT2D eigenvalue weighted by Crippen LogP contribution is 2.41. The molecule has 1 heterocycles. The quantitative estimate of drug-likeness (QED) is 0.294. The van der Waals surface area contributed by atoms with Gasteiger partial charge in [0, 0.05) is 14.8 Å². The molecule has 1 fully saturated rings. The Morgan fingerprint density at radius 1 is 1.03 bits per heavy atom. The van der Waals surface area contributed by atoms with Gasteiger partial charge < -0.3 is 0 Å². The number of rotatable bonds is 5. The molecule has 0 aliphatic carbocycles. The third-order valence-electron chi connectivity index (χ3n) is 4.61. The number of hydrogen-bond acceptors (Lipinski definition) is 4. The number of halogens is 1. The van der Waals surface area contributed by atoms with Crippen LogP contribution in [0.25, 0.3) is 0 Å². The summed E-state index contributed by atoms with van der Waals surface area (Å²) in [7, 11) is 0. The van der Waals surface area contributed by atoms with Crippen molar-refractivity contribution >= 4 is 58.1 Å². The van der Waals surface area contributed by atoms with Crippen LogP contribution in [0.2, 0.25) is 0 Å². The fourth-order valence-corrected chi connectivity index (χ4v) is 4.66. The molecule has 0 unspecified atom stereocenters. The van der Waals surface area contributed by atoms with Crippen LogP contribution >= 0.6 is 34.4 Å². The zero-order chi connectivity index (χ0) is 20.9. The van der Waals surface area contributed by atoms with Crippen molar-refractivity contribution in [3.05, 3.63) is 99.1 Å². The molecule has 0 saturated carbocycles. The maximum absolute atomic E-state index is 12.5. The molecule has 1 saturated heterocycles. The van der Waals surface area contributed by atoms with Crippen molar-refractivity contribution in [2.45, 2.75) is 5.37 Å². The number of benzene rings is 3. The SMILES string of the molecule is O=C(N/N=C\c1ccc(I)cc1)c1ccc(N2C(=O)CS[C@@H]2c2ccccc2)cc1. The molecule has 0 spiro atoms. The van der Waals surface area contributed by atoms with E-state index in [0.29, 0.717) is 11.3 Å². The lowest BCUT2D eigenvalue weighted by Gasteiger charge is -2.24. The summed E-state index contributed by atoms with van der Waals surface area (Å²) in [6.07, 6.45) is 1.60. The fraction of sp³-hybridized carbons (Fsp3) is 0.0870. The van der Waals surface area contributed by atoms with Crippen LogP contribution in [0.5, 0.6) is 0 Å². The zero-order valence-electron chi connectivity index (χ0n) is 15.9. The van der Waals surface area contributed by atoms with Gasteiger partial charge >= 0.3 is 0 Å². The van der Waals surface area contributed by atoms with Crippen molar-refractivity contribution in [1.29, 1.82) is 0 Å². The monoisotopic (exact) mass is 527 g/mol. The zero-order valence-corrected chi connectivity index (χ0v) is 18.8. The van der Waals surface area contributed by atoms with Crippen molar-refractivity contribution in [3.63, 3.8) is 0 Å². The third kappa shape index (κ3) is 4.73. The topological polar surface area (TPSA) is 61.8 Å². The van der Waals surface area contributed by atoms with E-state index in [1.165, 1.54) is 0 Å². The van der Waals surface area contributed by atoms with E-state index in [4.69, 9.17) is 0 Å². The number of anilines is 1. The molecule has 1 atom stereocenters. The molecule has 3 aromatic rings. The van der Waals surface area contributed by atoms with Gasteiger partial charge in [-0.15, -0.1) is 11.8 Å². The maximum Gasteiger partial charge on any atom is 0.271 e. The number of carbonyl (C=O) groups excluding carboxylic acids is 2. The van der Waals surface area contributed by atoms with Gasteiger partial charge in [-0.3, -0.25) is 14.5 Å². The van der Waals surface area contributed by atoms with Gasteiger partial charge in [-0.05, 0) is 70.1 Å². The Labute approximate surface area is 192 Å². The number of hydrogen-bond donors (Lipinski definition) is 1. The van der Waals surface area contributed by atoms with Gasteiger partial charge in [0.15, 0.2) is 0 Å². The average molecular weight is 527 g/mol. The second-order valence-corrected chi connectivity index (χ2v) is 8.95. The van der Waals surface area contributed by atoms with E-state index in [1.54, 1.807) is 47.1 Å². The van der Waals surface area contributed by atoms with Crippen molar-refractivity contribution in [2.75, 3.05) is 10.7 Å². The van der Waals surface area contributed by atoms with Crippen LogP contribution < -0.4 is 10.3 Å². The normalized spacial score (nSPS) is 16.2. The second kappa shape index (κ2) is 9.44. The summed E-state index contributed by atoms with van der Waals surface area (Å²) >= 11 is 3.84. The average Bonchev–Trinajstić information content (AvgIpc) is 3.17. The minimum atomic E-state index is -0.301. The summed E-state index contributed by atoms with van der Waals surface area (Å²) in [5.74, 6) is 0.202. The molecule has 2 amide bonds.